The Hall–Kier alpha value is -1.40. The molecule has 0 atom stereocenters. The van der Waals surface area contributed by atoms with E-state index < -0.39 is 16.0 Å². The van der Waals surface area contributed by atoms with Crippen molar-refractivity contribution in [2.45, 2.75) is 38.9 Å². The minimum Gasteiger partial charge on any atom is -0.465 e. The monoisotopic (exact) mass is 327 g/mol. The van der Waals surface area contributed by atoms with Gasteiger partial charge in [-0.2, -0.15) is 4.31 Å². The van der Waals surface area contributed by atoms with Crippen LogP contribution in [0.25, 0.3) is 0 Å². The van der Waals surface area contributed by atoms with E-state index in [1.165, 1.54) is 7.05 Å². The summed E-state index contributed by atoms with van der Waals surface area (Å²) in [6.07, 6.45) is 0. The largest absolute Gasteiger partial charge is 0.465 e. The average Bonchev–Trinajstić information content (AvgIpc) is 2.37. The van der Waals surface area contributed by atoms with Crippen LogP contribution in [-0.2, 0) is 30.7 Å². The first kappa shape index (κ1) is 18.6. The molecule has 0 aliphatic carbocycles. The van der Waals surface area contributed by atoms with E-state index in [4.69, 9.17) is 4.74 Å². The average molecular weight is 327 g/mol. The lowest BCUT2D eigenvalue weighted by molar-refractivity contribution is -0.143. The Labute approximate surface area is 133 Å². The van der Waals surface area contributed by atoms with Gasteiger partial charge in [0.15, 0.2) is 0 Å². The Balaban J connectivity index is 2.86. The van der Waals surface area contributed by atoms with Crippen LogP contribution in [0.15, 0.2) is 24.3 Å². The molecule has 0 spiro atoms. The Morgan fingerprint density at radius 3 is 2.45 bits per heavy atom. The summed E-state index contributed by atoms with van der Waals surface area (Å²) in [7, 11) is -2.17. The van der Waals surface area contributed by atoms with Crippen LogP contribution < -0.4 is 0 Å². The summed E-state index contributed by atoms with van der Waals surface area (Å²) in [6, 6.07) is 7.52. The third-order valence-corrected chi connectivity index (χ3v) is 5.05. The van der Waals surface area contributed by atoms with Gasteiger partial charge in [-0.05, 0) is 23.5 Å². The molecule has 6 heteroatoms. The molecule has 22 heavy (non-hydrogen) atoms. The lowest BCUT2D eigenvalue weighted by Crippen LogP contribution is -2.34. The smallest absolute Gasteiger partial charge is 0.321 e. The van der Waals surface area contributed by atoms with Crippen molar-refractivity contribution in [2.75, 3.05) is 20.2 Å². The van der Waals surface area contributed by atoms with Gasteiger partial charge in [0.1, 0.15) is 6.54 Å². The number of sulfonamides is 1. The molecule has 0 bridgehead atoms. The number of hydrogen-bond acceptors (Lipinski definition) is 4. The summed E-state index contributed by atoms with van der Waals surface area (Å²) < 4.78 is 30.5. The fourth-order valence-corrected chi connectivity index (χ4v) is 3.06. The first-order chi connectivity index (χ1) is 10.1. The van der Waals surface area contributed by atoms with Crippen molar-refractivity contribution in [3.63, 3.8) is 0 Å². The van der Waals surface area contributed by atoms with E-state index in [1.54, 1.807) is 13.0 Å². The number of rotatable bonds is 6. The number of likely N-dealkylation sites (N-methyl/N-ethyl adjacent to an activating group) is 1. The van der Waals surface area contributed by atoms with Gasteiger partial charge in [-0.25, -0.2) is 8.42 Å². The number of ether oxygens (including phenoxy) is 1. The lowest BCUT2D eigenvalue weighted by Gasteiger charge is -2.20. The topological polar surface area (TPSA) is 63.7 Å². The highest BCUT2D eigenvalue weighted by molar-refractivity contribution is 7.88. The van der Waals surface area contributed by atoms with Gasteiger partial charge in [0.05, 0.1) is 12.4 Å². The van der Waals surface area contributed by atoms with Gasteiger partial charge in [0.2, 0.25) is 10.0 Å². The van der Waals surface area contributed by atoms with Crippen molar-refractivity contribution < 1.29 is 17.9 Å². The summed E-state index contributed by atoms with van der Waals surface area (Å²) in [4.78, 5) is 11.4. The molecule has 0 saturated heterocycles. The minimum atomic E-state index is -3.56. The maximum atomic E-state index is 12.3. The van der Waals surface area contributed by atoms with E-state index in [0.29, 0.717) is 5.56 Å². The second-order valence-corrected chi connectivity index (χ2v) is 8.34. The first-order valence-corrected chi connectivity index (χ1v) is 8.86. The highest BCUT2D eigenvalue weighted by Crippen LogP contribution is 2.23. The van der Waals surface area contributed by atoms with Gasteiger partial charge in [-0.3, -0.25) is 4.79 Å². The van der Waals surface area contributed by atoms with Crippen molar-refractivity contribution in [1.29, 1.82) is 0 Å². The van der Waals surface area contributed by atoms with Crippen LogP contribution in [0.1, 0.15) is 38.8 Å². The number of benzene rings is 1. The zero-order valence-electron chi connectivity index (χ0n) is 13.9. The summed E-state index contributed by atoms with van der Waals surface area (Å²) in [5, 5.41) is 0. The van der Waals surface area contributed by atoms with E-state index >= 15 is 0 Å². The Bertz CT molecular complexity index is 617. The summed E-state index contributed by atoms with van der Waals surface area (Å²) in [5.74, 6) is -0.677. The fourth-order valence-electron chi connectivity index (χ4n) is 1.94. The van der Waals surface area contributed by atoms with Crippen molar-refractivity contribution in [3.05, 3.63) is 35.4 Å². The van der Waals surface area contributed by atoms with Crippen LogP contribution in [0, 0.1) is 0 Å². The Morgan fingerprint density at radius 1 is 1.27 bits per heavy atom. The SMILES string of the molecule is CCOC(=O)CN(C)S(=O)(=O)Cc1cccc(C(C)(C)C)c1. The van der Waals surface area contributed by atoms with Gasteiger partial charge in [-0.1, -0.05) is 45.0 Å². The summed E-state index contributed by atoms with van der Waals surface area (Å²) in [5.41, 5.74) is 1.74. The molecule has 5 nitrogen and oxygen atoms in total. The Kier molecular flexibility index (Phi) is 6.14. The number of hydrogen-bond donors (Lipinski definition) is 0. The van der Waals surface area contributed by atoms with Crippen LogP contribution in [0.3, 0.4) is 0 Å². The first-order valence-electron chi connectivity index (χ1n) is 7.25. The van der Waals surface area contributed by atoms with Crippen molar-refractivity contribution in [3.8, 4) is 0 Å². The molecule has 0 fully saturated rings. The van der Waals surface area contributed by atoms with Gasteiger partial charge >= 0.3 is 5.97 Å². The minimum absolute atomic E-state index is 0.0450. The molecule has 0 heterocycles. The molecular formula is C16H25NO4S. The van der Waals surface area contributed by atoms with Crippen molar-refractivity contribution >= 4 is 16.0 Å². The third kappa shape index (κ3) is 5.42. The molecule has 124 valence electrons. The molecule has 0 aliphatic rings. The second-order valence-electron chi connectivity index (χ2n) is 6.27. The summed E-state index contributed by atoms with van der Waals surface area (Å²) in [6.45, 7) is 7.88. The van der Waals surface area contributed by atoms with Crippen molar-refractivity contribution in [2.24, 2.45) is 0 Å². The highest BCUT2D eigenvalue weighted by Gasteiger charge is 2.22. The molecule has 0 saturated carbocycles. The van der Waals surface area contributed by atoms with Gasteiger partial charge < -0.3 is 4.74 Å². The Morgan fingerprint density at radius 2 is 1.91 bits per heavy atom. The van der Waals surface area contributed by atoms with Crippen LogP contribution in [-0.4, -0.2) is 38.9 Å². The molecule has 0 aliphatic heterocycles. The molecule has 1 aromatic rings. The fraction of sp³-hybridized carbons (Fsp3) is 0.562. The van der Waals surface area contributed by atoms with Gasteiger partial charge in [0.25, 0.3) is 0 Å². The maximum absolute atomic E-state index is 12.3. The zero-order chi connectivity index (χ0) is 17.0. The second kappa shape index (κ2) is 7.24. The highest BCUT2D eigenvalue weighted by atomic mass is 32.2. The van der Waals surface area contributed by atoms with Crippen LogP contribution >= 0.6 is 0 Å². The lowest BCUT2D eigenvalue weighted by atomic mass is 9.86. The predicted molar refractivity (Wildman–Crippen MR) is 87.0 cm³/mol. The molecule has 1 rings (SSSR count). The van der Waals surface area contributed by atoms with Gasteiger partial charge in [-0.15, -0.1) is 0 Å². The summed E-state index contributed by atoms with van der Waals surface area (Å²) >= 11 is 0. The van der Waals surface area contributed by atoms with Crippen LogP contribution in [0.4, 0.5) is 0 Å². The van der Waals surface area contributed by atoms with E-state index in [1.807, 2.05) is 18.2 Å². The molecule has 0 unspecified atom stereocenters. The van der Waals surface area contributed by atoms with Crippen molar-refractivity contribution in [1.82, 2.24) is 4.31 Å². The van der Waals surface area contributed by atoms with E-state index in [0.717, 1.165) is 9.87 Å². The maximum Gasteiger partial charge on any atom is 0.321 e. The van der Waals surface area contributed by atoms with E-state index in [-0.39, 0.29) is 24.3 Å². The van der Waals surface area contributed by atoms with E-state index in [2.05, 4.69) is 20.8 Å². The third-order valence-electron chi connectivity index (χ3n) is 3.27. The molecular weight excluding hydrogens is 302 g/mol. The predicted octanol–water partition coefficient (Wildman–Crippen LogP) is 2.31. The quantitative estimate of drug-likeness (QED) is 0.752. The number of esters is 1. The molecule has 0 N–H and O–H groups in total. The molecule has 0 radical (unpaired) electrons. The molecule has 1 aromatic carbocycles. The normalized spacial score (nSPS) is 12.5. The number of carbonyl (C=O) groups excluding carboxylic acids is 1. The van der Waals surface area contributed by atoms with E-state index in [9.17, 15) is 13.2 Å². The zero-order valence-corrected chi connectivity index (χ0v) is 14.7. The number of carbonyl (C=O) groups is 1. The van der Waals surface area contributed by atoms with Crippen LogP contribution in [0.5, 0.6) is 0 Å². The molecule has 0 amide bonds. The van der Waals surface area contributed by atoms with Crippen LogP contribution in [0.2, 0.25) is 0 Å². The standard InChI is InChI=1S/C16H25NO4S/c1-6-21-15(18)11-17(5)22(19,20)12-13-8-7-9-14(10-13)16(2,3)4/h7-10H,6,11-12H2,1-5H3. The molecule has 0 aromatic heterocycles. The number of nitrogens with zero attached hydrogens (tertiary/aromatic N) is 1. The van der Waals surface area contributed by atoms with Gasteiger partial charge in [0, 0.05) is 7.05 Å².